The van der Waals surface area contributed by atoms with Crippen LogP contribution < -0.4 is 4.74 Å². The number of hydrogen-bond donors (Lipinski definition) is 0. The fourth-order valence-corrected chi connectivity index (χ4v) is 2.52. The van der Waals surface area contributed by atoms with Crippen LogP contribution in [0.1, 0.15) is 12.0 Å². The van der Waals surface area contributed by atoms with Gasteiger partial charge in [0.25, 0.3) is 0 Å². The minimum Gasteiger partial charge on any atom is -0.479 e. The standard InChI is InChI=1S/C14H11FIN2O2.Y/c1-18-13(5-4-12(16)14(18)19)10-3-2-9(8-11(10)15)20-7-6-17;/h2-3,8,12H,4,7H2,1H3;/q-1;. The van der Waals surface area contributed by atoms with Crippen LogP contribution in [0.3, 0.4) is 0 Å². The first-order valence-corrected chi connectivity index (χ1v) is 7.11. The first-order valence-electron chi connectivity index (χ1n) is 5.86. The molecule has 1 aliphatic rings. The van der Waals surface area contributed by atoms with Gasteiger partial charge < -0.3 is 9.64 Å². The Morgan fingerprint density at radius 2 is 2.33 bits per heavy atom. The van der Waals surface area contributed by atoms with Gasteiger partial charge in [0.1, 0.15) is 11.8 Å². The van der Waals surface area contributed by atoms with Crippen molar-refractivity contribution in [1.82, 2.24) is 4.90 Å². The van der Waals surface area contributed by atoms with Gasteiger partial charge in [-0.05, 0) is 12.1 Å². The summed E-state index contributed by atoms with van der Waals surface area (Å²) in [4.78, 5) is 13.3. The van der Waals surface area contributed by atoms with Crippen LogP contribution in [0.2, 0.25) is 0 Å². The molecule has 1 aromatic carbocycles. The van der Waals surface area contributed by atoms with Gasteiger partial charge in [-0.1, -0.05) is 29.0 Å². The van der Waals surface area contributed by atoms with E-state index in [-0.39, 0.29) is 54.9 Å². The summed E-state index contributed by atoms with van der Waals surface area (Å²) in [7, 11) is 1.61. The summed E-state index contributed by atoms with van der Waals surface area (Å²) >= 11 is 2.05. The normalized spacial score (nSPS) is 17.6. The Balaban J connectivity index is 0.00000220. The van der Waals surface area contributed by atoms with Gasteiger partial charge in [0, 0.05) is 39.8 Å². The van der Waals surface area contributed by atoms with Crippen molar-refractivity contribution in [3.63, 3.8) is 0 Å². The zero-order valence-corrected chi connectivity index (χ0v) is 16.3. The van der Waals surface area contributed by atoms with Crippen LogP contribution in [0.5, 0.6) is 5.75 Å². The molecule has 0 spiro atoms. The van der Waals surface area contributed by atoms with Crippen molar-refractivity contribution in [2.75, 3.05) is 13.7 Å². The molecule has 1 radical (unpaired) electrons. The van der Waals surface area contributed by atoms with E-state index in [1.165, 1.54) is 17.0 Å². The first kappa shape index (κ1) is 18.5. The molecule has 107 valence electrons. The molecule has 0 saturated carbocycles. The van der Waals surface area contributed by atoms with Gasteiger partial charge in [-0.25, -0.2) is 10.5 Å². The van der Waals surface area contributed by atoms with Gasteiger partial charge in [0.2, 0.25) is 5.91 Å². The van der Waals surface area contributed by atoms with Crippen molar-refractivity contribution in [2.24, 2.45) is 0 Å². The summed E-state index contributed by atoms with van der Waals surface area (Å²) in [6.45, 7) is -0.136. The Morgan fingerprint density at radius 1 is 1.62 bits per heavy atom. The Morgan fingerprint density at radius 3 is 2.95 bits per heavy atom. The number of hydrogen-bond acceptors (Lipinski definition) is 3. The average molecular weight is 474 g/mol. The first-order chi connectivity index (χ1) is 9.54. The molecular weight excluding hydrogens is 463 g/mol. The smallest absolute Gasteiger partial charge is 0.235 e. The molecule has 0 saturated heterocycles. The van der Waals surface area contributed by atoms with E-state index in [2.05, 4.69) is 6.08 Å². The van der Waals surface area contributed by atoms with Gasteiger partial charge in [0.05, 0.1) is 9.74 Å². The van der Waals surface area contributed by atoms with Crippen molar-refractivity contribution < 1.29 is 46.6 Å². The van der Waals surface area contributed by atoms with Gasteiger partial charge in [-0.2, -0.15) is 5.26 Å². The van der Waals surface area contributed by atoms with E-state index < -0.39 is 5.82 Å². The van der Waals surface area contributed by atoms with Crippen molar-refractivity contribution in [1.29, 1.82) is 5.26 Å². The zero-order chi connectivity index (χ0) is 14.7. The Kier molecular flexibility index (Phi) is 7.24. The number of carbonyl (C=O) groups is 1. The van der Waals surface area contributed by atoms with Crippen molar-refractivity contribution in [3.05, 3.63) is 35.7 Å². The predicted octanol–water partition coefficient (Wildman–Crippen LogP) is 2.54. The SMILES string of the molecule is CN1C(=O)C(I)C[C-]=C1c1ccc(OCC#N)cc1F.[Y]. The summed E-state index contributed by atoms with van der Waals surface area (Å²) < 4.78 is 19.0. The fourth-order valence-electron chi connectivity index (χ4n) is 1.88. The molecule has 1 heterocycles. The number of ether oxygens (including phenoxy) is 1. The van der Waals surface area contributed by atoms with E-state index >= 15 is 0 Å². The van der Waals surface area contributed by atoms with Crippen LogP contribution in [-0.2, 0) is 37.5 Å². The molecular formula is C14H11FIN2O2Y-. The van der Waals surface area contributed by atoms with Crippen molar-refractivity contribution in [2.45, 2.75) is 10.3 Å². The van der Waals surface area contributed by atoms with Gasteiger partial charge in [0.15, 0.2) is 6.61 Å². The van der Waals surface area contributed by atoms with Crippen LogP contribution in [0, 0.1) is 23.2 Å². The van der Waals surface area contributed by atoms with E-state index in [1.807, 2.05) is 28.7 Å². The molecule has 7 heteroatoms. The van der Waals surface area contributed by atoms with Crippen LogP contribution >= 0.6 is 22.6 Å². The van der Waals surface area contributed by atoms with E-state index in [0.717, 1.165) is 0 Å². The second-order valence-electron chi connectivity index (χ2n) is 4.18. The number of halogens is 2. The topological polar surface area (TPSA) is 53.3 Å². The summed E-state index contributed by atoms with van der Waals surface area (Å²) in [6.07, 6.45) is 3.51. The van der Waals surface area contributed by atoms with Gasteiger partial charge in [-0.3, -0.25) is 4.79 Å². The number of rotatable bonds is 3. The number of allylic oxidation sites excluding steroid dienone is 1. The third kappa shape index (κ3) is 4.24. The Hall–Kier alpha value is -0.516. The van der Waals surface area contributed by atoms with E-state index in [4.69, 9.17) is 10.00 Å². The summed E-state index contributed by atoms with van der Waals surface area (Å²) in [6, 6.07) is 6.12. The molecule has 1 atom stereocenters. The molecule has 0 aliphatic carbocycles. The van der Waals surface area contributed by atoms with Crippen molar-refractivity contribution >= 4 is 34.2 Å². The molecule has 21 heavy (non-hydrogen) atoms. The van der Waals surface area contributed by atoms with Crippen molar-refractivity contribution in [3.8, 4) is 11.8 Å². The molecule has 0 bridgehead atoms. The number of alkyl halides is 1. The molecule has 1 amide bonds. The second-order valence-corrected chi connectivity index (χ2v) is 5.69. The number of nitrogens with zero attached hydrogens (tertiary/aromatic N) is 2. The minimum absolute atomic E-state index is 0. The number of amides is 1. The zero-order valence-electron chi connectivity index (χ0n) is 11.3. The number of carbonyl (C=O) groups excluding carboxylic acids is 1. The van der Waals surface area contributed by atoms with Gasteiger partial charge in [-0.15, -0.1) is 17.3 Å². The summed E-state index contributed by atoms with van der Waals surface area (Å²) in [5, 5.41) is 8.42. The Bertz CT molecular complexity index is 615. The molecule has 0 aromatic heterocycles. The largest absolute Gasteiger partial charge is 0.479 e. The van der Waals surface area contributed by atoms with E-state index in [9.17, 15) is 9.18 Å². The maximum Gasteiger partial charge on any atom is 0.235 e. The van der Waals surface area contributed by atoms with Crippen LogP contribution in [0.15, 0.2) is 18.2 Å². The third-order valence-electron chi connectivity index (χ3n) is 2.88. The molecule has 1 aromatic rings. The van der Waals surface area contributed by atoms with Crippen LogP contribution in [-0.4, -0.2) is 28.4 Å². The van der Waals surface area contributed by atoms with E-state index in [0.29, 0.717) is 17.7 Å². The second kappa shape index (κ2) is 8.20. The quantitative estimate of drug-likeness (QED) is 0.385. The predicted molar refractivity (Wildman–Crippen MR) is 79.4 cm³/mol. The molecule has 0 fully saturated rings. The van der Waals surface area contributed by atoms with Crippen LogP contribution in [0.4, 0.5) is 4.39 Å². The average Bonchev–Trinajstić information content (AvgIpc) is 2.44. The number of benzene rings is 1. The Labute approximate surface area is 161 Å². The molecule has 0 N–H and O–H groups in total. The summed E-state index contributed by atoms with van der Waals surface area (Å²) in [5.74, 6) is -0.289. The van der Waals surface area contributed by atoms with Crippen LogP contribution in [0.25, 0.3) is 5.70 Å². The maximum absolute atomic E-state index is 14.1. The number of nitriles is 1. The van der Waals surface area contributed by atoms with Gasteiger partial charge >= 0.3 is 0 Å². The molecule has 1 unspecified atom stereocenters. The summed E-state index contributed by atoms with van der Waals surface area (Å²) in [5.41, 5.74) is 0.737. The minimum atomic E-state index is -0.505. The third-order valence-corrected chi connectivity index (χ3v) is 3.85. The molecule has 2 rings (SSSR count). The molecule has 4 nitrogen and oxygen atoms in total. The fraction of sp³-hybridized carbons (Fsp3) is 0.286. The monoisotopic (exact) mass is 474 g/mol. The van der Waals surface area contributed by atoms with E-state index in [1.54, 1.807) is 13.1 Å². The molecule has 1 aliphatic heterocycles. The maximum atomic E-state index is 14.1.